The largest absolute Gasteiger partial charge is 0.396 e. The number of aromatic amines is 1. The highest BCUT2D eigenvalue weighted by atomic mass is 32.2. The molecule has 3 aromatic rings. The van der Waals surface area contributed by atoms with E-state index in [0.29, 0.717) is 27.6 Å². The Morgan fingerprint density at radius 1 is 0.567 bits per heavy atom. The highest BCUT2D eigenvalue weighted by Crippen LogP contribution is 2.35. The number of aliphatic hydroxyl groups is 1. The van der Waals surface area contributed by atoms with Crippen LogP contribution in [0.15, 0.2) is 41.2 Å². The van der Waals surface area contributed by atoms with E-state index in [1.807, 2.05) is 61.5 Å². The van der Waals surface area contributed by atoms with E-state index in [1.165, 1.54) is 107 Å². The summed E-state index contributed by atoms with van der Waals surface area (Å²) in [5.41, 5.74) is 1.16. The van der Waals surface area contributed by atoms with Gasteiger partial charge in [-0.3, -0.25) is 52.7 Å². The van der Waals surface area contributed by atoms with Crippen LogP contribution in [-0.2, 0) is 59.8 Å². The molecule has 3 aromatic heterocycles. The molecule has 33 heteroatoms. The average molecular weight is 1480 g/mol. The number of nitrogens with one attached hydrogen (secondary N) is 5. The summed E-state index contributed by atoms with van der Waals surface area (Å²) in [5.74, 6) is -9.90. The van der Waals surface area contributed by atoms with Gasteiger partial charge in [0.15, 0.2) is 10.7 Å². The minimum atomic E-state index is -1.61. The number of carbonyl (C=O) groups is 11. The summed E-state index contributed by atoms with van der Waals surface area (Å²) in [6, 6.07) is -12.3. The van der Waals surface area contributed by atoms with Gasteiger partial charge in [-0.15, -0.1) is 0 Å². The summed E-state index contributed by atoms with van der Waals surface area (Å²) in [6.45, 7) is 29.3. The first-order valence-corrected chi connectivity index (χ1v) is 36.5. The van der Waals surface area contributed by atoms with Gasteiger partial charge in [0.2, 0.25) is 71.3 Å². The van der Waals surface area contributed by atoms with Crippen LogP contribution < -0.4 is 21.3 Å². The van der Waals surface area contributed by atoms with Crippen LogP contribution in [0.25, 0.3) is 11.2 Å². The number of rotatable bonds is 18. The zero-order valence-corrected chi connectivity index (χ0v) is 66.5. The minimum absolute atomic E-state index is 0.0229. The molecule has 4 heterocycles. The van der Waals surface area contributed by atoms with E-state index in [4.69, 9.17) is 0 Å². The second-order valence-electron chi connectivity index (χ2n) is 29.7. The van der Waals surface area contributed by atoms with Gasteiger partial charge in [0.1, 0.15) is 77.3 Å². The number of hydrogen-bond donors (Lipinski definition) is 6. The monoisotopic (exact) mass is 1480 g/mol. The Labute approximate surface area is 617 Å². The van der Waals surface area contributed by atoms with Gasteiger partial charge in [0.25, 0.3) is 0 Å². The van der Waals surface area contributed by atoms with Crippen LogP contribution in [0.2, 0.25) is 0 Å². The molecule has 1 aliphatic rings. The highest BCUT2D eigenvalue weighted by Gasteiger charge is 2.46. The summed E-state index contributed by atoms with van der Waals surface area (Å²) in [4.78, 5) is 198. The molecule has 11 amide bonds. The van der Waals surface area contributed by atoms with Gasteiger partial charge in [0, 0.05) is 56.4 Å². The number of likely N-dealkylation sites (N-methyl/N-ethyl adjacent to an activating group) is 7. The normalized spacial score (nSPS) is 24.0. The third kappa shape index (κ3) is 24.0. The molecule has 0 aliphatic carbocycles. The van der Waals surface area contributed by atoms with Crippen LogP contribution in [0, 0.1) is 51.5 Å². The molecule has 0 spiro atoms. The first-order valence-electron chi connectivity index (χ1n) is 35.7. The number of allylic oxidation sites excluding steroid dienone is 2. The molecule has 32 nitrogen and oxygen atoms in total. The van der Waals surface area contributed by atoms with E-state index >= 15 is 9.59 Å². The Morgan fingerprint density at radius 3 is 1.57 bits per heavy atom. The van der Waals surface area contributed by atoms with Gasteiger partial charge in [-0.2, -0.15) is 0 Å². The molecule has 6 N–H and O–H groups in total. The van der Waals surface area contributed by atoms with Crippen molar-refractivity contribution in [1.82, 2.24) is 85.1 Å². The van der Waals surface area contributed by atoms with Crippen molar-refractivity contribution in [3.63, 3.8) is 0 Å². The number of aliphatic hydroxyl groups excluding tert-OH is 1. The van der Waals surface area contributed by atoms with Crippen LogP contribution in [0.5, 0.6) is 0 Å². The Morgan fingerprint density at radius 2 is 1.06 bits per heavy atom. The lowest BCUT2D eigenvalue weighted by molar-refractivity contribution is -0.392. The van der Waals surface area contributed by atoms with Gasteiger partial charge < -0.3 is 80.3 Å². The maximum absolute atomic E-state index is 15.1. The fourth-order valence-corrected chi connectivity index (χ4v) is 13.2. The fraction of sp³-hybridized carbons (Fsp3) is 0.704. The molecule has 0 radical (unpaired) electrons. The molecule has 12 atom stereocenters. The molecule has 104 heavy (non-hydrogen) atoms. The number of aromatic nitrogens is 6. The van der Waals surface area contributed by atoms with E-state index in [2.05, 4.69) is 46.2 Å². The van der Waals surface area contributed by atoms with E-state index in [0.717, 1.165) is 21.6 Å². The van der Waals surface area contributed by atoms with Crippen molar-refractivity contribution in [1.29, 1.82) is 0 Å². The van der Waals surface area contributed by atoms with Gasteiger partial charge in [0.05, 0.1) is 19.0 Å². The van der Waals surface area contributed by atoms with Crippen molar-refractivity contribution >= 4 is 93.7 Å². The van der Waals surface area contributed by atoms with Crippen molar-refractivity contribution in [2.75, 3.05) is 55.9 Å². The van der Waals surface area contributed by atoms with Crippen LogP contribution in [0.3, 0.4) is 0 Å². The topological polar surface area (TPSA) is 394 Å². The van der Waals surface area contributed by atoms with E-state index in [-0.39, 0.29) is 61.6 Å². The predicted molar refractivity (Wildman–Crippen MR) is 394 cm³/mol. The molecule has 0 bridgehead atoms. The van der Waals surface area contributed by atoms with Crippen molar-refractivity contribution in [3.05, 3.63) is 41.2 Å². The maximum Gasteiger partial charge on any atom is 0.396 e. The maximum atomic E-state index is 15.1. The van der Waals surface area contributed by atoms with E-state index in [1.54, 1.807) is 66.2 Å². The summed E-state index contributed by atoms with van der Waals surface area (Å²) in [5, 5.41) is 34.9. The fourth-order valence-electron chi connectivity index (χ4n) is 12.2. The Bertz CT molecular complexity index is 3480. The quantitative estimate of drug-likeness (QED) is 0.0444. The highest BCUT2D eigenvalue weighted by molar-refractivity contribution is 7.99. The van der Waals surface area contributed by atoms with Gasteiger partial charge >= 0.3 is 5.82 Å². The Hall–Kier alpha value is -8.62. The van der Waals surface area contributed by atoms with Crippen LogP contribution >= 0.6 is 11.8 Å². The summed E-state index contributed by atoms with van der Waals surface area (Å²) in [7, 11) is 11.6. The lowest BCUT2D eigenvalue weighted by Gasteiger charge is -2.41. The van der Waals surface area contributed by atoms with Crippen molar-refractivity contribution in [2.45, 2.75) is 233 Å². The number of amides is 11. The molecule has 0 saturated carbocycles. The SMILES string of the molecule is C/C=C/C[C@@H](C)[C@@H](O)[C@H]1C(=O)N[C@@H](CC)C(=O)N(C)CC(=O)N(C)[C@@H](CC(C)C)C(=O)N[C@@H](C(C)C)C(=O)N(C)[C@@H](CC(C)C)C(=O)N[C@@H](C)C(=O)N[C@H](C)C(=O)N(C)[C@@H](CC(C)C)C(=O)N(C)[C@@H](CC(C)C)C(=O)N(C)[C@@H](C(C)C)C(=O)N1C.Cn1cnc([N+](=O)[O-])c1Sc1ncnc2nc[nH]c12. The molecular weight excluding hydrogens is 1360 g/mol. The molecule has 4 rings (SSSR count). The standard InChI is InChI=1S/C62H111N11O12.C9H7N7O2S/c1-25-27-28-40(15)52(75)51-56(79)65-43(26-2)58(81)67(18)33-48(74)68(19)44(29-34(3)4)55(78)66-49(38(11)12)61(84)69(20)45(30-35(5)6)54(77)63-41(16)53(76)64-42(17)57(80)70(21)46(31-36(7)8)59(82)71(22)47(32-37(9)10)60(83)72(23)50(39(13)14)62(85)73(51)24;1-15-4-14-7(16(17)18)9(15)19-8-5-6(11-2-10-5)12-3-13-8/h25,27,34-47,49-52,75H,26,28-33H2,1-24H3,(H,63,77)(H,64,76)(H,65,79)(H,66,78);2-4H,1H3,(H,10,11,12,13)/b27-25+;/t40-,41+,42-,43+,44+,45+,46+,47+,49+,50+,51+,52-;/m1./s1. The Balaban J connectivity index is 0.00000125. The number of aryl methyl sites for hydroxylation is 1. The number of nitrogens with zero attached hydrogens (tertiary/aromatic N) is 13. The van der Waals surface area contributed by atoms with Crippen molar-refractivity contribution < 1.29 is 62.8 Å². The van der Waals surface area contributed by atoms with Crippen molar-refractivity contribution in [2.24, 2.45) is 48.5 Å². The average Bonchev–Trinajstić information content (AvgIpc) is 1.22. The zero-order valence-electron chi connectivity index (χ0n) is 65.7. The zero-order chi connectivity index (χ0) is 79.4. The van der Waals surface area contributed by atoms with E-state index in [9.17, 15) is 58.4 Å². The molecule has 1 saturated heterocycles. The number of carbonyl (C=O) groups excluding carboxylic acids is 11. The second-order valence-corrected chi connectivity index (χ2v) is 30.7. The van der Waals surface area contributed by atoms with Crippen LogP contribution in [0.1, 0.15) is 156 Å². The second kappa shape index (κ2) is 40.6. The predicted octanol–water partition coefficient (Wildman–Crippen LogP) is 4.41. The number of H-pyrrole nitrogens is 1. The first-order chi connectivity index (χ1) is 48.4. The van der Waals surface area contributed by atoms with Crippen LogP contribution in [0.4, 0.5) is 5.82 Å². The number of imidazole rings is 2. The number of fused-ring (bicyclic) bond motifs is 1. The van der Waals surface area contributed by atoms with Gasteiger partial charge in [-0.1, -0.05) is 109 Å². The summed E-state index contributed by atoms with van der Waals surface area (Å²) < 4.78 is 1.58. The minimum Gasteiger partial charge on any atom is -0.390 e. The summed E-state index contributed by atoms with van der Waals surface area (Å²) >= 11 is 1.15. The van der Waals surface area contributed by atoms with Crippen LogP contribution in [-0.4, -0.2) is 261 Å². The Kier molecular flexibility index (Phi) is 35.0. The molecule has 1 aliphatic heterocycles. The van der Waals surface area contributed by atoms with E-state index < -0.39 is 161 Å². The molecule has 1 fully saturated rings. The van der Waals surface area contributed by atoms with Crippen molar-refractivity contribution in [3.8, 4) is 0 Å². The number of hydrogen-bond acceptors (Lipinski definition) is 19. The van der Waals surface area contributed by atoms with Gasteiger partial charge in [-0.25, -0.2) is 15.0 Å². The lowest BCUT2D eigenvalue weighted by Crippen LogP contribution is -2.63. The smallest absolute Gasteiger partial charge is 0.390 e. The lowest BCUT2D eigenvalue weighted by atomic mass is 9.91. The molecule has 0 aromatic carbocycles. The third-order valence-electron chi connectivity index (χ3n) is 18.5. The first kappa shape index (κ1) is 89.6. The van der Waals surface area contributed by atoms with Gasteiger partial charge in [-0.05, 0) is 122 Å². The third-order valence-corrected chi connectivity index (χ3v) is 19.7. The molecular formula is C71H118N18O14S. The summed E-state index contributed by atoms with van der Waals surface area (Å²) in [6.07, 6.45) is 7.31. The molecule has 582 valence electrons. The number of nitro groups is 1. The molecule has 0 unspecified atom stereocenters.